The van der Waals surface area contributed by atoms with Gasteiger partial charge in [-0.05, 0) is 48.6 Å². The molecule has 0 spiro atoms. The van der Waals surface area contributed by atoms with Crippen molar-refractivity contribution < 1.29 is 0 Å². The number of halogens is 2. The number of rotatable bonds is 3. The molecule has 1 aromatic heterocycles. The summed E-state index contributed by atoms with van der Waals surface area (Å²) in [7, 11) is 0. The second-order valence-corrected chi connectivity index (χ2v) is 8.35. The molecule has 0 saturated carbocycles. The molecule has 3 aromatic carbocycles. The van der Waals surface area contributed by atoms with E-state index < -0.39 is 0 Å². The van der Waals surface area contributed by atoms with Crippen molar-refractivity contribution in [2.75, 3.05) is 11.9 Å². The number of nitrogens with one attached hydrogen (secondary N) is 1. The minimum atomic E-state index is 0.627. The molecule has 5 heteroatoms. The Kier molecular flexibility index (Phi) is 5.24. The molecular formula is C25H21Cl2N3. The fourth-order valence-electron chi connectivity index (χ4n) is 4.01. The van der Waals surface area contributed by atoms with E-state index in [0.29, 0.717) is 10.0 Å². The summed E-state index contributed by atoms with van der Waals surface area (Å²) in [6, 6.07) is 24.5. The molecule has 30 heavy (non-hydrogen) atoms. The summed E-state index contributed by atoms with van der Waals surface area (Å²) in [5.41, 5.74) is 6.53. The second kappa shape index (κ2) is 8.17. The van der Waals surface area contributed by atoms with Gasteiger partial charge in [-0.25, -0.2) is 4.68 Å². The summed E-state index contributed by atoms with van der Waals surface area (Å²) in [6.07, 6.45) is 3.24. The minimum Gasteiger partial charge on any atom is -0.370 e. The Bertz CT molecular complexity index is 1180. The molecule has 0 saturated heterocycles. The molecule has 150 valence electrons. The van der Waals surface area contributed by atoms with E-state index >= 15 is 0 Å². The van der Waals surface area contributed by atoms with Crippen LogP contribution in [0.15, 0.2) is 72.8 Å². The van der Waals surface area contributed by atoms with Crippen LogP contribution in [0.3, 0.4) is 0 Å². The van der Waals surface area contributed by atoms with Crippen molar-refractivity contribution in [3.63, 3.8) is 0 Å². The van der Waals surface area contributed by atoms with E-state index in [1.807, 2.05) is 22.9 Å². The van der Waals surface area contributed by atoms with E-state index in [1.165, 1.54) is 16.7 Å². The first-order chi connectivity index (χ1) is 14.7. The van der Waals surface area contributed by atoms with Crippen LogP contribution in [0.5, 0.6) is 0 Å². The van der Waals surface area contributed by atoms with Crippen LogP contribution < -0.4 is 5.32 Å². The van der Waals surface area contributed by atoms with E-state index in [9.17, 15) is 0 Å². The number of fused-ring (bicyclic) bond motifs is 1. The smallest absolute Gasteiger partial charge is 0.133 e. The van der Waals surface area contributed by atoms with Crippen molar-refractivity contribution in [2.24, 2.45) is 0 Å². The molecule has 3 nitrogen and oxygen atoms in total. The van der Waals surface area contributed by atoms with E-state index in [4.69, 9.17) is 28.3 Å². The zero-order valence-corrected chi connectivity index (χ0v) is 17.9. The third-order valence-corrected chi connectivity index (χ3v) is 6.09. The van der Waals surface area contributed by atoms with Crippen LogP contribution in [0, 0.1) is 0 Å². The molecule has 4 aromatic rings. The molecule has 0 atom stereocenters. The van der Waals surface area contributed by atoms with Crippen LogP contribution >= 0.6 is 23.2 Å². The van der Waals surface area contributed by atoms with Gasteiger partial charge < -0.3 is 5.32 Å². The summed E-state index contributed by atoms with van der Waals surface area (Å²) in [4.78, 5) is 0. The van der Waals surface area contributed by atoms with Gasteiger partial charge in [0.2, 0.25) is 0 Å². The van der Waals surface area contributed by atoms with Gasteiger partial charge in [-0.3, -0.25) is 0 Å². The molecule has 0 unspecified atom stereocenters. The molecule has 1 aliphatic rings. The number of hydrogen-bond donors (Lipinski definition) is 1. The zero-order valence-electron chi connectivity index (χ0n) is 16.4. The maximum Gasteiger partial charge on any atom is 0.133 e. The van der Waals surface area contributed by atoms with Gasteiger partial charge >= 0.3 is 0 Å². The quantitative estimate of drug-likeness (QED) is 0.368. The maximum absolute atomic E-state index is 6.51. The van der Waals surface area contributed by atoms with Crippen molar-refractivity contribution in [3.05, 3.63) is 88.4 Å². The fourth-order valence-corrected chi connectivity index (χ4v) is 4.37. The van der Waals surface area contributed by atoms with Crippen LogP contribution in [0.25, 0.3) is 28.1 Å². The van der Waals surface area contributed by atoms with Gasteiger partial charge in [-0.1, -0.05) is 77.8 Å². The van der Waals surface area contributed by atoms with Crippen molar-refractivity contribution in [1.82, 2.24) is 9.78 Å². The van der Waals surface area contributed by atoms with Gasteiger partial charge in [-0.15, -0.1) is 0 Å². The molecule has 0 fully saturated rings. The van der Waals surface area contributed by atoms with Crippen molar-refractivity contribution in [1.29, 1.82) is 0 Å². The average molecular weight is 434 g/mol. The predicted octanol–water partition coefficient (Wildman–Crippen LogP) is 7.26. The molecule has 0 amide bonds. The Morgan fingerprint density at radius 3 is 2.33 bits per heavy atom. The minimum absolute atomic E-state index is 0.627. The highest BCUT2D eigenvalue weighted by Gasteiger charge is 2.22. The van der Waals surface area contributed by atoms with Crippen molar-refractivity contribution >= 4 is 29.0 Å². The number of nitrogens with zero attached hydrogens (tertiary/aromatic N) is 2. The Balaban J connectivity index is 1.62. The largest absolute Gasteiger partial charge is 0.370 e. The zero-order chi connectivity index (χ0) is 20.5. The molecule has 0 bridgehead atoms. The monoisotopic (exact) mass is 433 g/mol. The van der Waals surface area contributed by atoms with Gasteiger partial charge in [0, 0.05) is 22.7 Å². The maximum atomic E-state index is 6.51. The summed E-state index contributed by atoms with van der Waals surface area (Å²) in [5.74, 6) is 1.01. The van der Waals surface area contributed by atoms with E-state index in [1.54, 1.807) is 6.07 Å². The highest BCUT2D eigenvalue weighted by molar-refractivity contribution is 6.34. The Morgan fingerprint density at radius 2 is 1.53 bits per heavy atom. The number of benzene rings is 3. The molecule has 5 rings (SSSR count). The molecule has 0 aliphatic carbocycles. The lowest BCUT2D eigenvalue weighted by molar-refractivity contribution is 0.780. The number of anilines is 1. The van der Waals surface area contributed by atoms with E-state index in [-0.39, 0.29) is 0 Å². The number of hydrogen-bond acceptors (Lipinski definition) is 2. The Labute approximate surface area is 186 Å². The normalized spacial score (nSPS) is 13.4. The molecule has 1 N–H and O–H groups in total. The average Bonchev–Trinajstić information content (AvgIpc) is 2.96. The lowest BCUT2D eigenvalue weighted by Crippen LogP contribution is -2.07. The van der Waals surface area contributed by atoms with Crippen LogP contribution in [-0.2, 0) is 6.42 Å². The highest BCUT2D eigenvalue weighted by atomic mass is 35.5. The summed E-state index contributed by atoms with van der Waals surface area (Å²) in [5, 5.41) is 9.82. The van der Waals surface area contributed by atoms with Gasteiger partial charge in [0.05, 0.1) is 16.4 Å². The summed E-state index contributed by atoms with van der Waals surface area (Å²) < 4.78 is 1.91. The molecular weight excluding hydrogens is 413 g/mol. The van der Waals surface area contributed by atoms with E-state index in [2.05, 4.69) is 53.8 Å². The summed E-state index contributed by atoms with van der Waals surface area (Å²) >= 11 is 12.8. The van der Waals surface area contributed by atoms with Crippen LogP contribution in [0.2, 0.25) is 10.0 Å². The predicted molar refractivity (Wildman–Crippen MR) is 126 cm³/mol. The Morgan fingerprint density at radius 1 is 0.800 bits per heavy atom. The third-order valence-electron chi connectivity index (χ3n) is 5.53. The van der Waals surface area contributed by atoms with Gasteiger partial charge in [0.1, 0.15) is 5.82 Å². The van der Waals surface area contributed by atoms with Crippen molar-refractivity contribution in [3.8, 4) is 28.1 Å². The molecule has 2 heterocycles. The van der Waals surface area contributed by atoms with Crippen LogP contribution in [0.1, 0.15) is 18.4 Å². The first-order valence-corrected chi connectivity index (χ1v) is 10.9. The second-order valence-electron chi connectivity index (χ2n) is 7.51. The molecule has 0 radical (unpaired) electrons. The first kappa shape index (κ1) is 19.2. The lowest BCUT2D eigenvalue weighted by Gasteiger charge is -2.11. The highest BCUT2D eigenvalue weighted by Crippen LogP contribution is 2.36. The number of aromatic nitrogens is 2. The molecule has 1 aliphatic heterocycles. The lowest BCUT2D eigenvalue weighted by atomic mass is 10.00. The van der Waals surface area contributed by atoms with Crippen LogP contribution in [-0.4, -0.2) is 16.3 Å². The topological polar surface area (TPSA) is 29.9 Å². The fraction of sp³-hybridized carbons (Fsp3) is 0.160. The standard InChI is InChI=1S/C25H21Cl2N3/c26-20-13-14-22(27)23(16-20)30-25-21(8-4-5-15-28-25)24(29-30)19-11-9-18(10-12-19)17-6-2-1-3-7-17/h1-3,6-7,9-14,16,28H,4-5,8,15H2. The summed E-state index contributed by atoms with van der Waals surface area (Å²) in [6.45, 7) is 0.920. The van der Waals surface area contributed by atoms with Gasteiger partial charge in [0.25, 0.3) is 0 Å². The van der Waals surface area contributed by atoms with Gasteiger partial charge in [-0.2, -0.15) is 5.10 Å². The third kappa shape index (κ3) is 3.60. The van der Waals surface area contributed by atoms with Crippen molar-refractivity contribution in [2.45, 2.75) is 19.3 Å². The van der Waals surface area contributed by atoms with E-state index in [0.717, 1.165) is 48.6 Å². The SMILES string of the molecule is Clc1ccc(Cl)c(-n2nc(-c3ccc(-c4ccccc4)cc3)c3c2NCCCC3)c1. The first-order valence-electron chi connectivity index (χ1n) is 10.2. The van der Waals surface area contributed by atoms with Crippen LogP contribution in [0.4, 0.5) is 5.82 Å². The van der Waals surface area contributed by atoms with Gasteiger partial charge in [0.15, 0.2) is 0 Å². The Hall–Kier alpha value is -2.75.